The highest BCUT2D eigenvalue weighted by Crippen LogP contribution is 2.60. The maximum atomic E-state index is 9.41. The number of hydrogen-bond acceptors (Lipinski definition) is 6. The fourth-order valence-electron chi connectivity index (χ4n) is 7.04. The van der Waals surface area contributed by atoms with Crippen LogP contribution >= 0.6 is 22.7 Å². The molecule has 0 spiro atoms. The van der Waals surface area contributed by atoms with Gasteiger partial charge in [-0.2, -0.15) is 21.0 Å². The van der Waals surface area contributed by atoms with Crippen molar-refractivity contribution in [1.29, 1.82) is 21.0 Å². The molecule has 0 amide bonds. The van der Waals surface area contributed by atoms with Crippen LogP contribution in [0, 0.1) is 45.3 Å². The van der Waals surface area contributed by atoms with Crippen molar-refractivity contribution in [2.75, 3.05) is 0 Å². The lowest BCUT2D eigenvalue weighted by Gasteiger charge is -2.29. The van der Waals surface area contributed by atoms with E-state index < -0.39 is 0 Å². The maximum Gasteiger partial charge on any atom is 0.132 e. The largest absolute Gasteiger partial charge is 0.192 e. The van der Waals surface area contributed by atoms with Gasteiger partial charge in [-0.15, -0.1) is 22.7 Å². The molecule has 4 nitrogen and oxygen atoms in total. The zero-order valence-electron chi connectivity index (χ0n) is 23.2. The lowest BCUT2D eigenvalue weighted by atomic mass is 9.74. The molecule has 0 aliphatic heterocycles. The molecule has 4 aliphatic rings. The minimum atomic E-state index is -0.160. The van der Waals surface area contributed by atoms with Crippen molar-refractivity contribution in [2.45, 2.75) is 77.0 Å². The molecule has 0 atom stereocenters. The number of fused-ring (bicyclic) bond motifs is 5. The second-order valence-electron chi connectivity index (χ2n) is 12.0. The van der Waals surface area contributed by atoms with Crippen molar-refractivity contribution in [2.24, 2.45) is 0 Å². The Morgan fingerprint density at radius 1 is 0.600 bits per heavy atom. The Hall–Kier alpha value is -3.94. The summed E-state index contributed by atoms with van der Waals surface area (Å²) in [6.07, 6.45) is 14.3. The summed E-state index contributed by atoms with van der Waals surface area (Å²) >= 11 is 3.78. The third kappa shape index (κ3) is 3.72. The lowest BCUT2D eigenvalue weighted by Crippen LogP contribution is -2.20. The van der Waals surface area contributed by atoms with E-state index in [0.29, 0.717) is 0 Å². The van der Waals surface area contributed by atoms with Gasteiger partial charge in [0.2, 0.25) is 0 Å². The van der Waals surface area contributed by atoms with Gasteiger partial charge < -0.3 is 0 Å². The number of hydrogen-bond donors (Lipinski definition) is 0. The Labute approximate surface area is 243 Å². The third-order valence-electron chi connectivity index (χ3n) is 8.99. The van der Waals surface area contributed by atoms with Crippen molar-refractivity contribution < 1.29 is 0 Å². The molecule has 2 heterocycles. The fraction of sp³-hybridized carbons (Fsp3) is 0.353. The van der Waals surface area contributed by atoms with Crippen molar-refractivity contribution in [1.82, 2.24) is 0 Å². The molecule has 6 heteroatoms. The standard InChI is InChI=1S/C34H28N4S2/c1-33(2)25(21-9-5-7-19(11-21)23(15-35)16-36)13-27-29(33)31-32(39-27)30-28(40-31)14-26(34(30,3)4)22-10-6-8-20(12-22)24(17-37)18-38/h11-14H,5-10H2,1-4H3. The first-order valence-electron chi connectivity index (χ1n) is 13.7. The van der Waals surface area contributed by atoms with Crippen LogP contribution in [0.15, 0.2) is 56.7 Å². The van der Waals surface area contributed by atoms with E-state index in [0.717, 1.165) is 49.7 Å². The molecule has 0 fully saturated rings. The van der Waals surface area contributed by atoms with Crippen molar-refractivity contribution in [3.63, 3.8) is 0 Å². The van der Waals surface area contributed by atoms with Gasteiger partial charge in [0.15, 0.2) is 0 Å². The quantitative estimate of drug-likeness (QED) is 0.344. The number of nitriles is 4. The van der Waals surface area contributed by atoms with E-state index >= 15 is 0 Å². The van der Waals surface area contributed by atoms with E-state index in [2.05, 4.69) is 76.3 Å². The van der Waals surface area contributed by atoms with Gasteiger partial charge in [-0.25, -0.2) is 0 Å². The van der Waals surface area contributed by atoms with Crippen LogP contribution in [-0.2, 0) is 10.8 Å². The van der Waals surface area contributed by atoms with Crippen LogP contribution in [0.25, 0.3) is 21.6 Å². The highest BCUT2D eigenvalue weighted by molar-refractivity contribution is 7.29. The molecule has 40 heavy (non-hydrogen) atoms. The van der Waals surface area contributed by atoms with Crippen molar-refractivity contribution >= 4 is 44.2 Å². The summed E-state index contributed by atoms with van der Waals surface area (Å²) in [5.41, 5.74) is 9.80. The van der Waals surface area contributed by atoms with Gasteiger partial charge in [0.25, 0.3) is 0 Å². The average molecular weight is 557 g/mol. The predicted octanol–water partition coefficient (Wildman–Crippen LogP) is 9.22. The summed E-state index contributed by atoms with van der Waals surface area (Å²) in [5.74, 6) is 0. The van der Waals surface area contributed by atoms with Crippen LogP contribution in [0.3, 0.4) is 0 Å². The van der Waals surface area contributed by atoms with Gasteiger partial charge in [0.05, 0.1) is 9.40 Å². The second-order valence-corrected chi connectivity index (χ2v) is 14.1. The molecule has 2 aromatic heterocycles. The zero-order valence-corrected chi connectivity index (χ0v) is 24.8. The first-order valence-corrected chi connectivity index (χ1v) is 15.3. The predicted molar refractivity (Wildman–Crippen MR) is 162 cm³/mol. The molecule has 0 radical (unpaired) electrons. The summed E-state index contributed by atoms with van der Waals surface area (Å²) < 4.78 is 2.75. The van der Waals surface area contributed by atoms with Crippen LogP contribution in [0.4, 0.5) is 0 Å². The smallest absolute Gasteiger partial charge is 0.132 e. The molecule has 0 N–H and O–H groups in total. The van der Waals surface area contributed by atoms with Crippen LogP contribution in [0.5, 0.6) is 0 Å². The van der Waals surface area contributed by atoms with Crippen LogP contribution in [0.1, 0.15) is 87.1 Å². The summed E-state index contributed by atoms with van der Waals surface area (Å²) in [5, 5.41) is 37.7. The molecule has 0 saturated heterocycles. The number of allylic oxidation sites excluding steroid dienone is 10. The minimum Gasteiger partial charge on any atom is -0.192 e. The summed E-state index contributed by atoms with van der Waals surface area (Å²) in [4.78, 5) is 2.64. The maximum absolute atomic E-state index is 9.41. The van der Waals surface area contributed by atoms with Crippen LogP contribution in [0.2, 0.25) is 0 Å². The second kappa shape index (κ2) is 9.32. The van der Waals surface area contributed by atoms with Gasteiger partial charge in [-0.05, 0) is 95.2 Å². The first-order chi connectivity index (χ1) is 19.1. The first kappa shape index (κ1) is 26.3. The SMILES string of the molecule is CC1(C)C(C2=CC(=C(C#N)C#N)CCC2)=Cc2sc3c4c(sc3c21)C=C(C1=CC(=C(C#N)C#N)CCC1)C4(C)C. The Kier molecular flexibility index (Phi) is 6.13. The molecule has 0 unspecified atom stereocenters. The molecule has 0 bridgehead atoms. The highest BCUT2D eigenvalue weighted by Gasteiger charge is 2.43. The van der Waals surface area contributed by atoms with Gasteiger partial charge in [-0.1, -0.05) is 39.8 Å². The molecule has 0 aromatic carbocycles. The van der Waals surface area contributed by atoms with Gasteiger partial charge in [-0.3, -0.25) is 0 Å². The summed E-state index contributed by atoms with van der Waals surface area (Å²) in [7, 11) is 0. The van der Waals surface area contributed by atoms with E-state index in [1.54, 1.807) is 0 Å². The normalized spacial score (nSPS) is 20.2. The zero-order chi connectivity index (χ0) is 28.4. The fourth-order valence-corrected chi connectivity index (χ4v) is 10.5. The third-order valence-corrected chi connectivity index (χ3v) is 11.4. The molecular weight excluding hydrogens is 529 g/mol. The molecule has 0 saturated carbocycles. The van der Waals surface area contributed by atoms with Crippen molar-refractivity contribution in [3.8, 4) is 24.3 Å². The monoisotopic (exact) mass is 556 g/mol. The van der Waals surface area contributed by atoms with Gasteiger partial charge in [0, 0.05) is 20.6 Å². The topological polar surface area (TPSA) is 95.2 Å². The average Bonchev–Trinajstić information content (AvgIpc) is 3.61. The molecular formula is C34H28N4S2. The van der Waals surface area contributed by atoms with Crippen molar-refractivity contribution in [3.05, 3.63) is 77.6 Å². The Bertz CT molecular complexity index is 1710. The van der Waals surface area contributed by atoms with E-state index in [4.69, 9.17) is 0 Å². The molecule has 196 valence electrons. The number of thiophene rings is 2. The minimum absolute atomic E-state index is 0.160. The van der Waals surface area contributed by atoms with Crippen LogP contribution < -0.4 is 0 Å². The Balaban J connectivity index is 1.43. The van der Waals surface area contributed by atoms with Crippen LogP contribution in [-0.4, -0.2) is 0 Å². The van der Waals surface area contributed by atoms with Gasteiger partial charge in [0.1, 0.15) is 35.4 Å². The Morgan fingerprint density at radius 3 is 1.32 bits per heavy atom. The summed E-state index contributed by atoms with van der Waals surface area (Å²) in [6, 6.07) is 8.31. The molecule has 4 aliphatic carbocycles. The van der Waals surface area contributed by atoms with Gasteiger partial charge >= 0.3 is 0 Å². The van der Waals surface area contributed by atoms with E-state index in [1.165, 1.54) is 52.6 Å². The Morgan fingerprint density at radius 2 is 0.975 bits per heavy atom. The molecule has 2 aromatic rings. The summed E-state index contributed by atoms with van der Waals surface area (Å²) in [6.45, 7) is 9.24. The number of nitrogens with zero attached hydrogens (tertiary/aromatic N) is 4. The molecule has 6 rings (SSSR count). The van der Waals surface area contributed by atoms with E-state index in [1.807, 2.05) is 22.7 Å². The van der Waals surface area contributed by atoms with E-state index in [9.17, 15) is 21.0 Å². The highest BCUT2D eigenvalue weighted by atomic mass is 32.1. The van der Waals surface area contributed by atoms with E-state index in [-0.39, 0.29) is 22.0 Å². The lowest BCUT2D eigenvalue weighted by molar-refractivity contribution is 0.634. The number of rotatable bonds is 2.